The van der Waals surface area contributed by atoms with Gasteiger partial charge in [-0.3, -0.25) is 9.79 Å². The molecule has 3 rings (SSSR count). The largest absolute Gasteiger partial charge is 0.496 e. The smallest absolute Gasteiger partial charge is 0.246 e. The number of hydrogen-bond donors (Lipinski definition) is 2. The van der Waals surface area contributed by atoms with Crippen molar-refractivity contribution in [2.24, 2.45) is 4.99 Å². The number of aliphatic imine (C=N–C) groups is 1. The van der Waals surface area contributed by atoms with Crippen molar-refractivity contribution in [2.75, 3.05) is 38.7 Å². The molecule has 6 nitrogen and oxygen atoms in total. The lowest BCUT2D eigenvalue weighted by atomic mass is 10.1. The summed E-state index contributed by atoms with van der Waals surface area (Å²) in [4.78, 5) is 18.6. The van der Waals surface area contributed by atoms with Crippen LogP contribution >= 0.6 is 24.0 Å². The third kappa shape index (κ3) is 5.37. The molecule has 2 aromatic rings. The number of ether oxygens (including phenoxy) is 1. The molecule has 0 unspecified atom stereocenters. The van der Waals surface area contributed by atoms with E-state index >= 15 is 0 Å². The van der Waals surface area contributed by atoms with Gasteiger partial charge in [0.2, 0.25) is 5.91 Å². The zero-order valence-corrected chi connectivity index (χ0v) is 18.6. The van der Waals surface area contributed by atoms with Crippen molar-refractivity contribution >= 4 is 41.5 Å². The van der Waals surface area contributed by atoms with E-state index in [1.807, 2.05) is 47.4 Å². The number of anilines is 1. The van der Waals surface area contributed by atoms with E-state index in [2.05, 4.69) is 21.7 Å². The van der Waals surface area contributed by atoms with Crippen LogP contribution in [0.4, 0.5) is 5.69 Å². The molecule has 2 N–H and O–H groups in total. The monoisotopic (exact) mass is 494 g/mol. The minimum atomic E-state index is 0. The number of guanidine groups is 1. The summed E-state index contributed by atoms with van der Waals surface area (Å²) < 4.78 is 5.37. The van der Waals surface area contributed by atoms with Crippen molar-refractivity contribution in [3.8, 4) is 5.75 Å². The standard InChI is InChI=1S/C21H26N4O2.HI/c1-22-21(23-13-11-17-8-4-6-10-19(17)27-2)24-15-20(26)25-14-12-16-7-3-5-9-18(16)25;/h3-10H,11-15H2,1-2H3,(H2,22,23,24);1H. The lowest BCUT2D eigenvalue weighted by molar-refractivity contribution is -0.117. The maximum absolute atomic E-state index is 12.6. The number of hydrogen-bond acceptors (Lipinski definition) is 3. The maximum Gasteiger partial charge on any atom is 0.246 e. The Kier molecular flexibility index (Phi) is 8.56. The normalized spacial score (nSPS) is 12.8. The van der Waals surface area contributed by atoms with Crippen LogP contribution in [0.15, 0.2) is 53.5 Å². The Hall–Kier alpha value is -2.29. The molecule has 7 heteroatoms. The van der Waals surface area contributed by atoms with E-state index in [1.165, 1.54) is 5.56 Å². The Morgan fingerprint density at radius 2 is 1.89 bits per heavy atom. The highest BCUT2D eigenvalue weighted by Crippen LogP contribution is 2.27. The first-order chi connectivity index (χ1) is 13.2. The summed E-state index contributed by atoms with van der Waals surface area (Å²) in [6, 6.07) is 16.0. The van der Waals surface area contributed by atoms with Gasteiger partial charge in [-0.25, -0.2) is 0 Å². The lowest BCUT2D eigenvalue weighted by Crippen LogP contribution is -2.44. The fourth-order valence-electron chi connectivity index (χ4n) is 3.30. The number of nitrogens with zero attached hydrogens (tertiary/aromatic N) is 2. The number of amides is 1. The summed E-state index contributed by atoms with van der Waals surface area (Å²) in [5.74, 6) is 1.54. The molecular weight excluding hydrogens is 467 g/mol. The van der Waals surface area contributed by atoms with Gasteiger partial charge in [0, 0.05) is 25.8 Å². The number of para-hydroxylation sites is 2. The van der Waals surface area contributed by atoms with Crippen molar-refractivity contribution in [2.45, 2.75) is 12.8 Å². The molecule has 0 spiro atoms. The van der Waals surface area contributed by atoms with Gasteiger partial charge in [-0.1, -0.05) is 36.4 Å². The van der Waals surface area contributed by atoms with Crippen LogP contribution in [0.1, 0.15) is 11.1 Å². The molecule has 0 bridgehead atoms. The number of halogens is 1. The van der Waals surface area contributed by atoms with E-state index in [-0.39, 0.29) is 36.4 Å². The number of rotatable bonds is 6. The average molecular weight is 494 g/mol. The van der Waals surface area contributed by atoms with E-state index in [9.17, 15) is 4.79 Å². The first-order valence-electron chi connectivity index (χ1n) is 9.17. The van der Waals surface area contributed by atoms with E-state index in [0.717, 1.165) is 36.4 Å². The highest BCUT2D eigenvalue weighted by atomic mass is 127. The molecule has 1 amide bonds. The van der Waals surface area contributed by atoms with Crippen LogP contribution in [-0.4, -0.2) is 45.7 Å². The Bertz CT molecular complexity index is 826. The summed E-state index contributed by atoms with van der Waals surface area (Å²) in [5, 5.41) is 6.36. The van der Waals surface area contributed by atoms with Crippen molar-refractivity contribution < 1.29 is 9.53 Å². The number of fused-ring (bicyclic) bond motifs is 1. The quantitative estimate of drug-likeness (QED) is 0.368. The zero-order chi connectivity index (χ0) is 19.1. The van der Waals surface area contributed by atoms with Crippen LogP contribution in [0.25, 0.3) is 0 Å². The first-order valence-corrected chi connectivity index (χ1v) is 9.17. The van der Waals surface area contributed by atoms with Gasteiger partial charge in [0.1, 0.15) is 5.75 Å². The van der Waals surface area contributed by atoms with E-state index in [1.54, 1.807) is 14.2 Å². The molecule has 1 heterocycles. The predicted molar refractivity (Wildman–Crippen MR) is 124 cm³/mol. The van der Waals surface area contributed by atoms with Gasteiger partial charge in [-0.05, 0) is 36.1 Å². The molecule has 0 saturated heterocycles. The van der Waals surface area contributed by atoms with Gasteiger partial charge in [0.25, 0.3) is 0 Å². The lowest BCUT2D eigenvalue weighted by Gasteiger charge is -2.19. The number of carbonyl (C=O) groups excluding carboxylic acids is 1. The van der Waals surface area contributed by atoms with Crippen LogP contribution in [0.5, 0.6) is 5.75 Å². The third-order valence-electron chi connectivity index (χ3n) is 4.70. The predicted octanol–water partition coefficient (Wildman–Crippen LogP) is 2.61. The fraction of sp³-hybridized carbons (Fsp3) is 0.333. The Morgan fingerprint density at radius 3 is 2.68 bits per heavy atom. The van der Waals surface area contributed by atoms with Crippen molar-refractivity contribution in [3.05, 3.63) is 59.7 Å². The molecule has 0 aliphatic carbocycles. The molecule has 28 heavy (non-hydrogen) atoms. The van der Waals surface area contributed by atoms with Gasteiger partial charge >= 0.3 is 0 Å². The topological polar surface area (TPSA) is 66.0 Å². The van der Waals surface area contributed by atoms with Crippen molar-refractivity contribution in [3.63, 3.8) is 0 Å². The molecular formula is C21H27IN4O2. The molecule has 150 valence electrons. The van der Waals surface area contributed by atoms with E-state index < -0.39 is 0 Å². The SMILES string of the molecule is CN=C(NCCc1ccccc1OC)NCC(=O)N1CCc2ccccc21.I. The summed E-state index contributed by atoms with van der Waals surface area (Å²) in [6.45, 7) is 1.64. The first kappa shape index (κ1) is 22.0. The van der Waals surface area contributed by atoms with Gasteiger partial charge in [0.05, 0.1) is 13.7 Å². The van der Waals surface area contributed by atoms with Crippen LogP contribution < -0.4 is 20.3 Å². The molecule has 1 aliphatic rings. The zero-order valence-electron chi connectivity index (χ0n) is 16.3. The number of methoxy groups -OCH3 is 1. The molecule has 0 fully saturated rings. The highest BCUT2D eigenvalue weighted by molar-refractivity contribution is 14.0. The van der Waals surface area contributed by atoms with Crippen LogP contribution in [0, 0.1) is 0 Å². The Balaban J connectivity index is 0.00000280. The fourth-order valence-corrected chi connectivity index (χ4v) is 3.30. The molecule has 0 saturated carbocycles. The average Bonchev–Trinajstić information content (AvgIpc) is 3.15. The second-order valence-electron chi connectivity index (χ2n) is 6.34. The molecule has 0 atom stereocenters. The Morgan fingerprint density at radius 1 is 1.14 bits per heavy atom. The summed E-state index contributed by atoms with van der Waals surface area (Å²) >= 11 is 0. The molecule has 0 aromatic heterocycles. The number of nitrogens with one attached hydrogen (secondary N) is 2. The molecule has 2 aromatic carbocycles. The van der Waals surface area contributed by atoms with Crippen LogP contribution in [-0.2, 0) is 17.6 Å². The van der Waals surface area contributed by atoms with Crippen molar-refractivity contribution in [1.82, 2.24) is 10.6 Å². The number of benzene rings is 2. The van der Waals surface area contributed by atoms with Crippen LogP contribution in [0.3, 0.4) is 0 Å². The summed E-state index contributed by atoms with van der Waals surface area (Å²) in [5.41, 5.74) is 3.38. The molecule has 0 radical (unpaired) electrons. The van der Waals surface area contributed by atoms with Gasteiger partial charge in [0.15, 0.2) is 5.96 Å². The van der Waals surface area contributed by atoms with E-state index in [4.69, 9.17) is 4.74 Å². The van der Waals surface area contributed by atoms with Gasteiger partial charge in [-0.15, -0.1) is 24.0 Å². The third-order valence-corrected chi connectivity index (χ3v) is 4.70. The summed E-state index contributed by atoms with van der Waals surface area (Å²) in [7, 11) is 3.38. The second-order valence-corrected chi connectivity index (χ2v) is 6.34. The number of carbonyl (C=O) groups is 1. The van der Waals surface area contributed by atoms with Gasteiger partial charge < -0.3 is 20.3 Å². The Labute approximate surface area is 183 Å². The van der Waals surface area contributed by atoms with Gasteiger partial charge in [-0.2, -0.15) is 0 Å². The molecule has 1 aliphatic heterocycles. The van der Waals surface area contributed by atoms with Crippen LogP contribution in [0.2, 0.25) is 0 Å². The van der Waals surface area contributed by atoms with Crippen molar-refractivity contribution in [1.29, 1.82) is 0 Å². The van der Waals surface area contributed by atoms with E-state index in [0.29, 0.717) is 12.5 Å². The maximum atomic E-state index is 12.6. The minimum absolute atomic E-state index is 0. The minimum Gasteiger partial charge on any atom is -0.496 e. The summed E-state index contributed by atoms with van der Waals surface area (Å²) in [6.07, 6.45) is 1.71. The highest BCUT2D eigenvalue weighted by Gasteiger charge is 2.23. The second kappa shape index (κ2) is 10.9.